The van der Waals surface area contributed by atoms with Gasteiger partial charge in [0.2, 0.25) is 5.91 Å². The van der Waals surface area contributed by atoms with E-state index in [2.05, 4.69) is 35.5 Å². The standard InChI is InChI=1S/C52H99NO11S/c1-3-5-7-9-11-13-15-17-18-19-20-21-22-23-24-25-26-27-28-30-31-33-35-37-39-41-46(55)45(44-62-52-50(58)51(64-65(59,60)61)49(57)47(43-54)63-52)53-48(56)42-40-38-36-34-32-29-16-14-12-10-8-6-4-2/h29,32,36,38,45-47,49-52,54-55,57-58H,3-28,30-31,33-35,37,39-44H2,1-2H3,(H,53,56)(H,59,60,61)/b32-29-,38-36-. The molecule has 0 aromatic rings. The summed E-state index contributed by atoms with van der Waals surface area (Å²) >= 11 is 0. The van der Waals surface area contributed by atoms with Crippen molar-refractivity contribution in [3.63, 3.8) is 0 Å². The van der Waals surface area contributed by atoms with Gasteiger partial charge in [0, 0.05) is 6.42 Å². The number of aliphatic hydroxyl groups is 4. The van der Waals surface area contributed by atoms with Crippen LogP contribution in [0.5, 0.6) is 0 Å². The van der Waals surface area contributed by atoms with Gasteiger partial charge in [0.1, 0.15) is 24.4 Å². The van der Waals surface area contributed by atoms with Crippen LogP contribution in [0.1, 0.15) is 245 Å². The minimum absolute atomic E-state index is 0.187. The maximum atomic E-state index is 13.0. The molecule has 65 heavy (non-hydrogen) atoms. The largest absolute Gasteiger partial charge is 0.397 e. The molecule has 1 aliphatic rings. The first kappa shape index (κ1) is 61.6. The van der Waals surface area contributed by atoms with Gasteiger partial charge in [0.15, 0.2) is 6.29 Å². The van der Waals surface area contributed by atoms with E-state index in [0.717, 1.165) is 38.5 Å². The first-order valence-corrected chi connectivity index (χ1v) is 28.1. The monoisotopic (exact) mass is 946 g/mol. The average molecular weight is 946 g/mol. The van der Waals surface area contributed by atoms with E-state index in [-0.39, 0.29) is 18.9 Å². The summed E-state index contributed by atoms with van der Waals surface area (Å²) in [6.07, 6.45) is 42.1. The Kier molecular flexibility index (Phi) is 40.4. The van der Waals surface area contributed by atoms with Crippen molar-refractivity contribution in [2.24, 2.45) is 0 Å². The van der Waals surface area contributed by atoms with Crippen LogP contribution in [0.3, 0.4) is 0 Å². The normalized spacial score (nSPS) is 20.3. The first-order valence-electron chi connectivity index (χ1n) is 26.7. The van der Waals surface area contributed by atoms with E-state index >= 15 is 0 Å². The number of carbonyl (C=O) groups is 1. The Morgan fingerprint density at radius 2 is 1.03 bits per heavy atom. The second kappa shape index (κ2) is 42.7. The first-order chi connectivity index (χ1) is 31.5. The van der Waals surface area contributed by atoms with Crippen LogP contribution in [0.4, 0.5) is 0 Å². The van der Waals surface area contributed by atoms with Crippen LogP contribution in [-0.2, 0) is 28.9 Å². The van der Waals surface area contributed by atoms with Crippen LogP contribution in [0.2, 0.25) is 0 Å². The quantitative estimate of drug-likeness (QED) is 0.0193. The fourth-order valence-corrected chi connectivity index (χ4v) is 9.14. The van der Waals surface area contributed by atoms with E-state index in [0.29, 0.717) is 12.8 Å². The maximum Gasteiger partial charge on any atom is 0.397 e. The summed E-state index contributed by atoms with van der Waals surface area (Å²) in [6, 6.07) is -0.887. The highest BCUT2D eigenvalue weighted by molar-refractivity contribution is 7.80. The molecule has 12 nitrogen and oxygen atoms in total. The van der Waals surface area contributed by atoms with Gasteiger partial charge in [0.25, 0.3) is 0 Å². The zero-order chi connectivity index (χ0) is 47.6. The summed E-state index contributed by atoms with van der Waals surface area (Å²) in [5, 5.41) is 44.9. The van der Waals surface area contributed by atoms with Gasteiger partial charge in [-0.2, -0.15) is 8.42 Å². The highest BCUT2D eigenvalue weighted by atomic mass is 32.3. The molecule has 1 amide bonds. The lowest BCUT2D eigenvalue weighted by Gasteiger charge is -2.41. The van der Waals surface area contributed by atoms with Gasteiger partial charge in [-0.05, 0) is 32.1 Å². The van der Waals surface area contributed by atoms with Gasteiger partial charge < -0.3 is 35.2 Å². The van der Waals surface area contributed by atoms with E-state index in [1.165, 1.54) is 173 Å². The third-order valence-electron chi connectivity index (χ3n) is 12.8. The molecule has 13 heteroatoms. The van der Waals surface area contributed by atoms with E-state index < -0.39 is 59.9 Å². The zero-order valence-corrected chi connectivity index (χ0v) is 42.1. The molecule has 0 saturated carbocycles. The van der Waals surface area contributed by atoms with Crippen LogP contribution in [0.25, 0.3) is 0 Å². The highest BCUT2D eigenvalue weighted by Gasteiger charge is 2.48. The average Bonchev–Trinajstić information content (AvgIpc) is 3.28. The molecule has 1 heterocycles. The van der Waals surface area contributed by atoms with Crippen molar-refractivity contribution in [1.29, 1.82) is 0 Å². The number of carbonyl (C=O) groups excluding carboxylic acids is 1. The van der Waals surface area contributed by atoms with Crippen molar-refractivity contribution in [2.45, 2.75) is 288 Å². The summed E-state index contributed by atoms with van der Waals surface area (Å²) in [4.78, 5) is 13.0. The molecule has 1 fully saturated rings. The SMILES string of the molecule is CCCCCCCC/C=C\C/C=C\CCC(=O)NC(COC1OC(CO)C(O)C(OS(=O)(=O)O)C1O)C(O)CCCCCCCCCCCCCCCCCCCCCCCCCCC. The predicted molar refractivity (Wildman–Crippen MR) is 264 cm³/mol. The van der Waals surface area contributed by atoms with Gasteiger partial charge in [0.05, 0.1) is 25.4 Å². The molecular formula is C52H99NO11S. The Hall–Kier alpha value is -1.42. The van der Waals surface area contributed by atoms with Crippen molar-refractivity contribution in [1.82, 2.24) is 5.32 Å². The predicted octanol–water partition coefficient (Wildman–Crippen LogP) is 11.7. The maximum absolute atomic E-state index is 13.0. The third kappa shape index (κ3) is 35.4. The fourth-order valence-electron chi connectivity index (χ4n) is 8.63. The van der Waals surface area contributed by atoms with Gasteiger partial charge in [-0.15, -0.1) is 0 Å². The Morgan fingerprint density at radius 3 is 1.46 bits per heavy atom. The number of aliphatic hydroxyl groups excluding tert-OH is 4. The van der Waals surface area contributed by atoms with Crippen molar-refractivity contribution in [3.8, 4) is 0 Å². The smallest absolute Gasteiger partial charge is 0.394 e. The lowest BCUT2D eigenvalue weighted by Crippen LogP contribution is -2.61. The molecule has 7 atom stereocenters. The third-order valence-corrected chi connectivity index (χ3v) is 13.2. The zero-order valence-electron chi connectivity index (χ0n) is 41.3. The lowest BCUT2D eigenvalue weighted by molar-refractivity contribution is -0.298. The van der Waals surface area contributed by atoms with Crippen molar-refractivity contribution in [2.75, 3.05) is 13.2 Å². The van der Waals surface area contributed by atoms with Crippen LogP contribution in [0.15, 0.2) is 24.3 Å². The Bertz CT molecular complexity index is 1250. The number of rotatable bonds is 46. The molecule has 1 rings (SSSR count). The topological polar surface area (TPSA) is 192 Å². The second-order valence-corrected chi connectivity index (χ2v) is 19.9. The van der Waals surface area contributed by atoms with Gasteiger partial charge >= 0.3 is 10.4 Å². The summed E-state index contributed by atoms with van der Waals surface area (Å²) in [7, 11) is -5.08. The van der Waals surface area contributed by atoms with Crippen LogP contribution in [-0.4, -0.2) is 95.4 Å². The van der Waals surface area contributed by atoms with Gasteiger partial charge in [-0.3, -0.25) is 9.35 Å². The van der Waals surface area contributed by atoms with Crippen molar-refractivity contribution < 1.29 is 51.8 Å². The minimum atomic E-state index is -5.08. The van der Waals surface area contributed by atoms with E-state index in [4.69, 9.17) is 9.47 Å². The van der Waals surface area contributed by atoms with Crippen LogP contribution < -0.4 is 5.32 Å². The number of hydrogen-bond donors (Lipinski definition) is 6. The van der Waals surface area contributed by atoms with Crippen molar-refractivity contribution >= 4 is 16.3 Å². The molecule has 0 radical (unpaired) electrons. The lowest BCUT2D eigenvalue weighted by atomic mass is 9.99. The summed E-state index contributed by atoms with van der Waals surface area (Å²) < 4.78 is 47.7. The number of allylic oxidation sites excluding steroid dienone is 4. The summed E-state index contributed by atoms with van der Waals surface area (Å²) in [5.41, 5.74) is 0. The Balaban J connectivity index is 2.37. The molecule has 0 spiro atoms. The number of ether oxygens (including phenoxy) is 2. The van der Waals surface area contributed by atoms with Gasteiger partial charge in [-0.25, -0.2) is 4.18 Å². The van der Waals surface area contributed by atoms with E-state index in [9.17, 15) is 38.2 Å². The molecule has 0 aromatic carbocycles. The number of hydrogen-bond acceptors (Lipinski definition) is 10. The Labute approximate surface area is 397 Å². The molecule has 1 saturated heterocycles. The Morgan fingerprint density at radius 1 is 0.615 bits per heavy atom. The molecule has 0 aliphatic carbocycles. The number of amides is 1. The number of unbranched alkanes of at least 4 members (excludes halogenated alkanes) is 30. The summed E-state index contributed by atoms with van der Waals surface area (Å²) in [6.45, 7) is 3.42. The second-order valence-electron chi connectivity index (χ2n) is 18.8. The van der Waals surface area contributed by atoms with E-state index in [1.54, 1.807) is 0 Å². The number of nitrogens with one attached hydrogen (secondary N) is 1. The molecule has 0 bridgehead atoms. The van der Waals surface area contributed by atoms with Crippen LogP contribution in [0, 0.1) is 0 Å². The highest BCUT2D eigenvalue weighted by Crippen LogP contribution is 2.26. The molecule has 0 aromatic heterocycles. The van der Waals surface area contributed by atoms with Crippen LogP contribution >= 0.6 is 0 Å². The van der Waals surface area contributed by atoms with Crippen molar-refractivity contribution in [3.05, 3.63) is 24.3 Å². The molecule has 384 valence electrons. The molecule has 7 unspecified atom stereocenters. The fraction of sp³-hybridized carbons (Fsp3) is 0.904. The molecule has 6 N–H and O–H groups in total. The van der Waals surface area contributed by atoms with E-state index in [1.807, 2.05) is 12.2 Å². The minimum Gasteiger partial charge on any atom is -0.394 e. The molecular weight excluding hydrogens is 847 g/mol. The summed E-state index contributed by atoms with van der Waals surface area (Å²) in [5.74, 6) is -0.294. The molecule has 1 aliphatic heterocycles. The van der Waals surface area contributed by atoms with Gasteiger partial charge in [-0.1, -0.05) is 231 Å².